The molecular formula is C11H9N7. The van der Waals surface area contributed by atoms with E-state index in [4.69, 9.17) is 11.1 Å². The van der Waals surface area contributed by atoms with Crippen LogP contribution in [-0.2, 0) is 0 Å². The van der Waals surface area contributed by atoms with Crippen molar-refractivity contribution in [1.82, 2.24) is 25.0 Å². The Hall–Kier alpha value is -2.83. The van der Waals surface area contributed by atoms with Crippen LogP contribution in [0.15, 0.2) is 36.7 Å². The molecule has 7 heteroatoms. The number of nitrogen functional groups attached to an aromatic ring is 1. The fourth-order valence-corrected chi connectivity index (χ4v) is 1.61. The SMILES string of the molecule is N=C(N)c1cnc(-n2nnc3ccccc32)cn1. The molecule has 18 heavy (non-hydrogen) atoms. The molecule has 0 aliphatic carbocycles. The molecule has 0 bridgehead atoms. The monoisotopic (exact) mass is 239 g/mol. The van der Waals surface area contributed by atoms with Crippen molar-refractivity contribution in [3.05, 3.63) is 42.4 Å². The van der Waals surface area contributed by atoms with Gasteiger partial charge in [-0.1, -0.05) is 17.3 Å². The normalized spacial score (nSPS) is 10.7. The number of para-hydroxylation sites is 1. The van der Waals surface area contributed by atoms with Crippen molar-refractivity contribution in [2.24, 2.45) is 5.73 Å². The van der Waals surface area contributed by atoms with Crippen LogP contribution in [-0.4, -0.2) is 30.8 Å². The summed E-state index contributed by atoms with van der Waals surface area (Å²) in [5.74, 6) is 0.422. The molecule has 0 aliphatic heterocycles. The largest absolute Gasteiger partial charge is 0.382 e. The zero-order valence-corrected chi connectivity index (χ0v) is 9.28. The smallest absolute Gasteiger partial charge is 0.174 e. The lowest BCUT2D eigenvalue weighted by Crippen LogP contribution is -2.14. The second kappa shape index (κ2) is 3.88. The van der Waals surface area contributed by atoms with Gasteiger partial charge >= 0.3 is 0 Å². The van der Waals surface area contributed by atoms with E-state index in [2.05, 4.69) is 20.3 Å². The molecule has 3 rings (SSSR count). The van der Waals surface area contributed by atoms with Crippen molar-refractivity contribution in [1.29, 1.82) is 5.41 Å². The summed E-state index contributed by atoms with van der Waals surface area (Å²) < 4.78 is 1.59. The maximum Gasteiger partial charge on any atom is 0.174 e. The number of nitrogens with two attached hydrogens (primary N) is 1. The Bertz CT molecular complexity index is 714. The van der Waals surface area contributed by atoms with Crippen LogP contribution < -0.4 is 5.73 Å². The van der Waals surface area contributed by atoms with Crippen molar-refractivity contribution in [3.63, 3.8) is 0 Å². The van der Waals surface area contributed by atoms with E-state index >= 15 is 0 Å². The lowest BCUT2D eigenvalue weighted by Gasteiger charge is -2.01. The number of nitrogens with one attached hydrogen (secondary N) is 1. The third kappa shape index (κ3) is 1.58. The van der Waals surface area contributed by atoms with Gasteiger partial charge in [0, 0.05) is 0 Å². The van der Waals surface area contributed by atoms with Gasteiger partial charge in [0.25, 0.3) is 0 Å². The van der Waals surface area contributed by atoms with E-state index in [1.54, 1.807) is 4.68 Å². The fraction of sp³-hybridized carbons (Fsp3) is 0. The molecule has 0 aliphatic rings. The molecule has 0 spiro atoms. The quantitative estimate of drug-likeness (QED) is 0.500. The molecule has 7 nitrogen and oxygen atoms in total. The first-order valence-electron chi connectivity index (χ1n) is 5.23. The minimum absolute atomic E-state index is 0.113. The van der Waals surface area contributed by atoms with Gasteiger partial charge in [0.2, 0.25) is 0 Å². The van der Waals surface area contributed by atoms with E-state index in [1.165, 1.54) is 12.4 Å². The Kier molecular flexibility index (Phi) is 2.23. The van der Waals surface area contributed by atoms with E-state index in [1.807, 2.05) is 24.3 Å². The van der Waals surface area contributed by atoms with E-state index in [0.29, 0.717) is 11.5 Å². The Labute approximate surface area is 102 Å². The summed E-state index contributed by atoms with van der Waals surface area (Å²) in [5.41, 5.74) is 7.29. The number of amidine groups is 1. The van der Waals surface area contributed by atoms with Gasteiger partial charge in [-0.15, -0.1) is 5.10 Å². The standard InChI is InChI=1S/C11H9N7/c12-11(13)8-5-15-10(6-14-8)18-9-4-2-1-3-7(9)16-17-18/h1-6H,(H3,12,13). The molecular weight excluding hydrogens is 230 g/mol. The first-order valence-corrected chi connectivity index (χ1v) is 5.23. The predicted molar refractivity (Wildman–Crippen MR) is 65.5 cm³/mol. The summed E-state index contributed by atoms with van der Waals surface area (Å²) in [7, 11) is 0. The van der Waals surface area contributed by atoms with Crippen LogP contribution >= 0.6 is 0 Å². The number of hydrogen-bond donors (Lipinski definition) is 2. The molecule has 0 saturated carbocycles. The molecule has 0 unspecified atom stereocenters. The zero-order valence-electron chi connectivity index (χ0n) is 9.28. The summed E-state index contributed by atoms with van der Waals surface area (Å²) in [4.78, 5) is 8.21. The predicted octanol–water partition coefficient (Wildman–Crippen LogP) is 0.495. The highest BCUT2D eigenvalue weighted by Gasteiger charge is 2.07. The summed E-state index contributed by atoms with van der Waals surface area (Å²) in [5, 5.41) is 15.3. The van der Waals surface area contributed by atoms with Crippen LogP contribution in [0.1, 0.15) is 5.69 Å². The highest BCUT2D eigenvalue weighted by molar-refractivity contribution is 5.92. The van der Waals surface area contributed by atoms with Gasteiger partial charge in [-0.05, 0) is 12.1 Å². The van der Waals surface area contributed by atoms with Crippen molar-refractivity contribution >= 4 is 16.9 Å². The fourth-order valence-electron chi connectivity index (χ4n) is 1.61. The first kappa shape index (κ1) is 10.3. The average molecular weight is 239 g/mol. The van der Waals surface area contributed by atoms with Gasteiger partial charge in [-0.3, -0.25) is 5.41 Å². The van der Waals surface area contributed by atoms with Gasteiger partial charge in [0.15, 0.2) is 5.82 Å². The van der Waals surface area contributed by atoms with Crippen LogP contribution in [0.25, 0.3) is 16.9 Å². The molecule has 2 aromatic heterocycles. The van der Waals surface area contributed by atoms with Crippen LogP contribution in [0.5, 0.6) is 0 Å². The maximum atomic E-state index is 7.25. The van der Waals surface area contributed by atoms with E-state index < -0.39 is 0 Å². The number of aromatic nitrogens is 5. The molecule has 0 saturated heterocycles. The summed E-state index contributed by atoms with van der Waals surface area (Å²) in [6, 6.07) is 7.57. The maximum absolute atomic E-state index is 7.25. The molecule has 0 amide bonds. The first-order chi connectivity index (χ1) is 8.75. The lowest BCUT2D eigenvalue weighted by molar-refractivity contribution is 0.795. The topological polar surface area (TPSA) is 106 Å². The Morgan fingerprint density at radius 1 is 1.17 bits per heavy atom. The lowest BCUT2D eigenvalue weighted by atomic mass is 10.3. The van der Waals surface area contributed by atoms with E-state index in [0.717, 1.165) is 11.0 Å². The molecule has 0 radical (unpaired) electrons. The summed E-state index contributed by atoms with van der Waals surface area (Å²) >= 11 is 0. The highest BCUT2D eigenvalue weighted by Crippen LogP contribution is 2.13. The minimum atomic E-state index is -0.113. The Morgan fingerprint density at radius 2 is 2.00 bits per heavy atom. The number of nitrogens with zero attached hydrogens (tertiary/aromatic N) is 5. The molecule has 88 valence electrons. The molecule has 3 aromatic rings. The van der Waals surface area contributed by atoms with Crippen molar-refractivity contribution < 1.29 is 0 Å². The van der Waals surface area contributed by atoms with Crippen LogP contribution in [0.4, 0.5) is 0 Å². The Balaban J connectivity index is 2.12. The van der Waals surface area contributed by atoms with Crippen LogP contribution in [0, 0.1) is 5.41 Å². The molecule has 0 fully saturated rings. The van der Waals surface area contributed by atoms with Gasteiger partial charge in [-0.2, -0.15) is 4.68 Å². The summed E-state index contributed by atoms with van der Waals surface area (Å²) in [6.45, 7) is 0. The van der Waals surface area contributed by atoms with Gasteiger partial charge in [-0.25, -0.2) is 9.97 Å². The van der Waals surface area contributed by atoms with Gasteiger partial charge in [0.1, 0.15) is 17.0 Å². The van der Waals surface area contributed by atoms with E-state index in [9.17, 15) is 0 Å². The minimum Gasteiger partial charge on any atom is -0.382 e. The average Bonchev–Trinajstić information content (AvgIpc) is 2.82. The van der Waals surface area contributed by atoms with Crippen LogP contribution in [0.2, 0.25) is 0 Å². The zero-order chi connectivity index (χ0) is 12.5. The van der Waals surface area contributed by atoms with Crippen molar-refractivity contribution in [2.45, 2.75) is 0 Å². The third-order valence-corrected chi connectivity index (χ3v) is 2.48. The summed E-state index contributed by atoms with van der Waals surface area (Å²) in [6.07, 6.45) is 2.95. The number of benzene rings is 1. The van der Waals surface area contributed by atoms with Gasteiger partial charge < -0.3 is 5.73 Å². The molecule has 2 heterocycles. The van der Waals surface area contributed by atoms with Crippen molar-refractivity contribution in [3.8, 4) is 5.82 Å². The Morgan fingerprint density at radius 3 is 2.72 bits per heavy atom. The van der Waals surface area contributed by atoms with E-state index in [-0.39, 0.29) is 5.84 Å². The second-order valence-corrected chi connectivity index (χ2v) is 3.66. The molecule has 0 atom stereocenters. The molecule has 1 aromatic carbocycles. The van der Waals surface area contributed by atoms with Crippen molar-refractivity contribution in [2.75, 3.05) is 0 Å². The highest BCUT2D eigenvalue weighted by atomic mass is 15.4. The third-order valence-electron chi connectivity index (χ3n) is 2.48. The number of fused-ring (bicyclic) bond motifs is 1. The number of hydrogen-bond acceptors (Lipinski definition) is 5. The van der Waals surface area contributed by atoms with Crippen LogP contribution in [0.3, 0.4) is 0 Å². The second-order valence-electron chi connectivity index (χ2n) is 3.66. The number of rotatable bonds is 2. The molecule has 3 N–H and O–H groups in total. The van der Waals surface area contributed by atoms with Gasteiger partial charge in [0.05, 0.1) is 17.9 Å².